The molecule has 0 N–H and O–H groups in total. The van der Waals surface area contributed by atoms with E-state index < -0.39 is 0 Å². The average molecular weight is 1740 g/mol. The molecule has 0 amide bonds. The van der Waals surface area contributed by atoms with E-state index in [0.29, 0.717) is 23.3 Å². The molecule has 0 aliphatic carbocycles. The third-order valence-corrected chi connectivity index (χ3v) is 28.5. The maximum Gasteiger partial charge on any atom is 0.164 e. The van der Waals surface area contributed by atoms with E-state index in [9.17, 15) is 0 Å². The van der Waals surface area contributed by atoms with Crippen LogP contribution in [0.15, 0.2) is 449 Å². The van der Waals surface area contributed by atoms with E-state index in [2.05, 4.69) is 329 Å². The minimum absolute atomic E-state index is 0.651. The second-order valence-electron chi connectivity index (χ2n) is 32.9. The van der Waals surface area contributed by atoms with Crippen LogP contribution >= 0.6 is 34.0 Å². The number of hydrogen-bond acceptors (Lipinski definition) is 10. The van der Waals surface area contributed by atoms with Gasteiger partial charge >= 0.3 is 0 Å². The monoisotopic (exact) mass is 1740 g/mol. The van der Waals surface area contributed by atoms with Crippen LogP contribution < -0.4 is 0 Å². The smallest absolute Gasteiger partial charge is 0.164 e. The van der Waals surface area contributed by atoms with Crippen molar-refractivity contribution in [3.63, 3.8) is 0 Å². The number of rotatable bonds is 12. The molecule has 132 heavy (non-hydrogen) atoms. The summed E-state index contributed by atoms with van der Waals surface area (Å²) in [4.78, 5) is 34.8. The van der Waals surface area contributed by atoms with E-state index in [0.717, 1.165) is 95.7 Å². The first-order valence-corrected chi connectivity index (χ1v) is 46.6. The van der Waals surface area contributed by atoms with Crippen LogP contribution in [0, 0.1) is 0 Å². The van der Waals surface area contributed by atoms with Gasteiger partial charge in [-0.15, -0.1) is 34.0 Å². The zero-order valence-electron chi connectivity index (χ0n) is 70.9. The molecule has 0 fully saturated rings. The van der Waals surface area contributed by atoms with Crippen molar-refractivity contribution in [3.05, 3.63) is 449 Å². The molecule has 9 aromatic heterocycles. The van der Waals surface area contributed by atoms with Gasteiger partial charge in [0, 0.05) is 160 Å². The Morgan fingerprint density at radius 3 is 0.644 bits per heavy atom. The van der Waals surface area contributed by atoms with E-state index in [-0.39, 0.29) is 0 Å². The summed E-state index contributed by atoms with van der Waals surface area (Å²) >= 11 is 5.57. The standard InChI is InChI=1S/2C40H25N3S.C39H24N4S/c1-3-11-26(12-4-1)33-25-34(42-40(41-33)28-13-5-2-6-14-28)27-19-21-29(22-20-27)43-35-17-9-7-15-30(35)31-23-24-37-38(39(31)43)32-16-8-10-18-36(32)44-37;1-3-11-26(12-4-1)33-25-34(27-13-5-2-6-14-27)42-40(41-33)28-19-21-29(22-20-28)43-35-17-9-7-15-30(35)31-23-24-37-38(39(31)43)32-16-8-10-18-36(32)44-37;1-3-11-25(12-4-1)37-40-38(26-13-5-2-6-14-26)42-39(41-37)27-19-21-28(22-20-27)43-32-17-9-7-15-29(32)30-23-24-34-35(36(30)43)31-16-8-10-18-33(31)44-34/h2*1-25H;1-24H. The lowest BCUT2D eigenvalue weighted by Gasteiger charge is -2.12. The fourth-order valence-electron chi connectivity index (χ4n) is 19.0. The molecule has 10 nitrogen and oxygen atoms in total. The minimum Gasteiger partial charge on any atom is -0.309 e. The van der Waals surface area contributed by atoms with Gasteiger partial charge in [0.25, 0.3) is 0 Å². The highest BCUT2D eigenvalue weighted by Gasteiger charge is 2.25. The summed E-state index contributed by atoms with van der Waals surface area (Å²) in [5, 5.41) is 15.4. The Kier molecular flexibility index (Phi) is 19.3. The largest absolute Gasteiger partial charge is 0.309 e. The molecular formula is C119H74N10S3. The van der Waals surface area contributed by atoms with Gasteiger partial charge in [0.05, 0.1) is 55.9 Å². The lowest BCUT2D eigenvalue weighted by Crippen LogP contribution is -2.00. The molecule has 0 saturated heterocycles. The van der Waals surface area contributed by atoms with Crippen LogP contribution in [-0.2, 0) is 0 Å². The third-order valence-electron chi connectivity index (χ3n) is 25.1. The van der Waals surface area contributed by atoms with Crippen molar-refractivity contribution < 1.29 is 0 Å². The van der Waals surface area contributed by atoms with Crippen molar-refractivity contribution >= 4 is 160 Å². The van der Waals surface area contributed by atoms with Crippen molar-refractivity contribution in [2.75, 3.05) is 0 Å². The topological polar surface area (TPSA) is 105 Å². The molecule has 13 heteroatoms. The molecule has 0 saturated carbocycles. The fourth-order valence-corrected chi connectivity index (χ4v) is 22.3. The molecule has 0 aliphatic heterocycles. The molecule has 9 heterocycles. The minimum atomic E-state index is 0.651. The summed E-state index contributed by atoms with van der Waals surface area (Å²) in [5.41, 5.74) is 23.4. The molecule has 0 aliphatic rings. The lowest BCUT2D eigenvalue weighted by atomic mass is 10.1. The first-order valence-electron chi connectivity index (χ1n) is 44.1. The number of para-hydroxylation sites is 3. The number of benzene rings is 18. The summed E-state index contributed by atoms with van der Waals surface area (Å²) in [5.74, 6) is 3.41. The van der Waals surface area contributed by atoms with Gasteiger partial charge in [-0.05, 0) is 127 Å². The van der Waals surface area contributed by atoms with Gasteiger partial charge in [-0.2, -0.15) is 0 Å². The van der Waals surface area contributed by atoms with Gasteiger partial charge < -0.3 is 13.7 Å². The Balaban J connectivity index is 0.000000106. The zero-order valence-corrected chi connectivity index (χ0v) is 73.4. The third kappa shape index (κ3) is 13.7. The van der Waals surface area contributed by atoms with E-state index in [1.54, 1.807) is 0 Å². The van der Waals surface area contributed by atoms with Crippen molar-refractivity contribution in [1.82, 2.24) is 48.6 Å². The SMILES string of the molecule is c1ccc(-c2cc(-c3ccc(-n4c5ccccc5c5ccc6sc7ccccc7c6c54)cc3)nc(-c3ccccc3)n2)cc1.c1ccc(-c2cc(-c3ccccc3)nc(-c3ccc(-n4c5ccccc5c5ccc6sc7ccccc7c6c54)cc3)n2)cc1.c1ccc(-c2nc(-c3ccccc3)nc(-c3ccc(-n4c5ccccc5c5ccc6sc7ccccc7c6c54)cc3)n2)cc1. The Morgan fingerprint density at radius 1 is 0.152 bits per heavy atom. The Labute approximate surface area is 770 Å². The molecule has 18 aromatic carbocycles. The predicted molar refractivity (Wildman–Crippen MR) is 554 cm³/mol. The van der Waals surface area contributed by atoms with Crippen LogP contribution in [0.2, 0.25) is 0 Å². The van der Waals surface area contributed by atoms with Crippen LogP contribution in [0.1, 0.15) is 0 Å². The highest BCUT2D eigenvalue weighted by Crippen LogP contribution is 2.48. The molecular weight excluding hydrogens is 1670 g/mol. The van der Waals surface area contributed by atoms with Crippen LogP contribution in [0.3, 0.4) is 0 Å². The maximum atomic E-state index is 5.04. The first-order chi connectivity index (χ1) is 65.4. The summed E-state index contributed by atoms with van der Waals surface area (Å²) in [6, 6.07) is 158. The summed E-state index contributed by atoms with van der Waals surface area (Å²) < 4.78 is 15.1. The molecule has 0 spiro atoms. The lowest BCUT2D eigenvalue weighted by molar-refractivity contribution is 1.07. The van der Waals surface area contributed by atoms with E-state index in [4.69, 9.17) is 34.9 Å². The average Bonchev–Trinajstić information content (AvgIpc) is 1.57. The van der Waals surface area contributed by atoms with Gasteiger partial charge in [-0.3, -0.25) is 0 Å². The molecule has 27 aromatic rings. The van der Waals surface area contributed by atoms with E-state index >= 15 is 0 Å². The summed E-state index contributed by atoms with van der Waals surface area (Å²) in [6.07, 6.45) is 0. The van der Waals surface area contributed by atoms with Gasteiger partial charge in [0.2, 0.25) is 0 Å². The van der Waals surface area contributed by atoms with Crippen molar-refractivity contribution in [3.8, 4) is 119 Å². The van der Waals surface area contributed by atoms with Crippen molar-refractivity contribution in [1.29, 1.82) is 0 Å². The highest BCUT2D eigenvalue weighted by molar-refractivity contribution is 7.27. The number of thiophene rings is 3. The predicted octanol–water partition coefficient (Wildman–Crippen LogP) is 32.2. The highest BCUT2D eigenvalue weighted by atomic mass is 32.1. The van der Waals surface area contributed by atoms with Crippen LogP contribution in [-0.4, -0.2) is 48.6 Å². The maximum absolute atomic E-state index is 5.04. The Hall–Kier alpha value is -16.8. The van der Waals surface area contributed by atoms with E-state index in [1.807, 2.05) is 167 Å². The quantitative estimate of drug-likeness (QED) is 0.120. The second kappa shape index (κ2) is 32.8. The van der Waals surface area contributed by atoms with E-state index in [1.165, 1.54) is 126 Å². The Morgan fingerprint density at radius 2 is 0.364 bits per heavy atom. The number of fused-ring (bicyclic) bond motifs is 21. The normalized spacial score (nSPS) is 11.6. The van der Waals surface area contributed by atoms with Gasteiger partial charge in [-0.25, -0.2) is 34.9 Å². The molecule has 0 atom stereocenters. The fraction of sp³-hybridized carbons (Fsp3) is 0. The van der Waals surface area contributed by atoms with Gasteiger partial charge in [0.15, 0.2) is 29.1 Å². The number of hydrogen-bond donors (Lipinski definition) is 0. The van der Waals surface area contributed by atoms with Gasteiger partial charge in [0.1, 0.15) is 0 Å². The molecule has 0 unspecified atom stereocenters. The van der Waals surface area contributed by atoms with Gasteiger partial charge in [-0.1, -0.05) is 322 Å². The van der Waals surface area contributed by atoms with Crippen molar-refractivity contribution in [2.45, 2.75) is 0 Å². The summed E-state index contributed by atoms with van der Waals surface area (Å²) in [7, 11) is 0. The molecule has 0 bridgehead atoms. The summed E-state index contributed by atoms with van der Waals surface area (Å²) in [6.45, 7) is 0. The first kappa shape index (κ1) is 77.5. The second-order valence-corrected chi connectivity index (χ2v) is 36.2. The van der Waals surface area contributed by atoms with Crippen molar-refractivity contribution in [2.24, 2.45) is 0 Å². The van der Waals surface area contributed by atoms with Crippen LogP contribution in [0.25, 0.3) is 245 Å². The number of aromatic nitrogens is 10. The number of nitrogens with zero attached hydrogens (tertiary/aromatic N) is 10. The zero-order chi connectivity index (χ0) is 87.1. The van der Waals surface area contributed by atoms with Crippen LogP contribution in [0.5, 0.6) is 0 Å². The van der Waals surface area contributed by atoms with Crippen LogP contribution in [0.4, 0.5) is 0 Å². The molecule has 618 valence electrons. The molecule has 27 rings (SSSR count). The Bertz CT molecular complexity index is 8090. The molecule has 0 radical (unpaired) electrons.